The molecule has 0 bridgehead atoms. The summed E-state index contributed by atoms with van der Waals surface area (Å²) in [7, 11) is -3.70. The van der Waals surface area contributed by atoms with Gasteiger partial charge in [-0.2, -0.15) is 9.41 Å². The summed E-state index contributed by atoms with van der Waals surface area (Å²) in [5.74, 6) is -0.492. The van der Waals surface area contributed by atoms with E-state index in [1.165, 1.54) is 16.4 Å². The topological polar surface area (TPSA) is 88.1 Å². The summed E-state index contributed by atoms with van der Waals surface area (Å²) in [5.41, 5.74) is 5.09. The molecule has 1 amide bonds. The summed E-state index contributed by atoms with van der Waals surface area (Å²) in [5, 5.41) is 4.36. The maximum Gasteiger partial charge on any atom is 0.271 e. The van der Waals surface area contributed by atoms with E-state index >= 15 is 0 Å². The van der Waals surface area contributed by atoms with E-state index in [4.69, 9.17) is 4.74 Å². The monoisotopic (exact) mass is 449 g/mol. The van der Waals surface area contributed by atoms with Crippen molar-refractivity contribution in [2.75, 3.05) is 26.3 Å². The zero-order chi connectivity index (χ0) is 22.4. The van der Waals surface area contributed by atoms with Crippen molar-refractivity contribution in [2.24, 2.45) is 5.10 Å². The Bertz CT molecular complexity index is 1160. The molecule has 0 saturated carbocycles. The Morgan fingerprint density at radius 1 is 0.812 bits per heavy atom. The van der Waals surface area contributed by atoms with Crippen molar-refractivity contribution in [1.29, 1.82) is 0 Å². The van der Waals surface area contributed by atoms with Crippen LogP contribution >= 0.6 is 0 Å². The molecule has 4 rings (SSSR count). The summed E-state index contributed by atoms with van der Waals surface area (Å²) >= 11 is 0. The molecule has 0 atom stereocenters. The van der Waals surface area contributed by atoms with Gasteiger partial charge in [0.05, 0.1) is 23.8 Å². The third-order valence-electron chi connectivity index (χ3n) is 5.07. The molecule has 0 radical (unpaired) electrons. The molecule has 0 unspecified atom stereocenters. The molecule has 7 nitrogen and oxygen atoms in total. The Kier molecular flexibility index (Phi) is 6.75. The average Bonchev–Trinajstić information content (AvgIpc) is 2.86. The Balaban J connectivity index is 1.59. The fraction of sp³-hybridized carbons (Fsp3) is 0.167. The highest BCUT2D eigenvalue weighted by Crippen LogP contribution is 2.18. The van der Waals surface area contributed by atoms with Gasteiger partial charge in [-0.1, -0.05) is 66.7 Å². The minimum absolute atomic E-state index is 0.0716. The second-order valence-corrected chi connectivity index (χ2v) is 9.12. The van der Waals surface area contributed by atoms with Crippen LogP contribution in [0.1, 0.15) is 21.5 Å². The van der Waals surface area contributed by atoms with E-state index in [0.29, 0.717) is 32.0 Å². The normalized spacial score (nSPS) is 14.5. The van der Waals surface area contributed by atoms with Gasteiger partial charge >= 0.3 is 0 Å². The van der Waals surface area contributed by atoms with Gasteiger partial charge < -0.3 is 4.74 Å². The molecule has 1 heterocycles. The number of carbonyl (C=O) groups is 1. The van der Waals surface area contributed by atoms with Crippen molar-refractivity contribution >= 4 is 21.6 Å². The van der Waals surface area contributed by atoms with E-state index in [-0.39, 0.29) is 10.5 Å². The Hall–Kier alpha value is -3.33. The lowest BCUT2D eigenvalue weighted by Gasteiger charge is -2.26. The van der Waals surface area contributed by atoms with Crippen LogP contribution < -0.4 is 5.43 Å². The Labute approximate surface area is 187 Å². The zero-order valence-electron chi connectivity index (χ0n) is 17.3. The van der Waals surface area contributed by atoms with Crippen LogP contribution in [0.25, 0.3) is 0 Å². The highest BCUT2D eigenvalue weighted by atomic mass is 32.2. The number of nitrogens with one attached hydrogen (secondary N) is 1. The van der Waals surface area contributed by atoms with Gasteiger partial charge in [-0.05, 0) is 18.2 Å². The summed E-state index contributed by atoms with van der Waals surface area (Å²) in [4.78, 5) is 12.9. The van der Waals surface area contributed by atoms with Crippen LogP contribution in [0, 0.1) is 0 Å². The third-order valence-corrected chi connectivity index (χ3v) is 6.96. The maximum absolute atomic E-state index is 12.9. The molecule has 8 heteroatoms. The number of morpholine rings is 1. The van der Waals surface area contributed by atoms with E-state index in [9.17, 15) is 13.2 Å². The molecule has 3 aromatic carbocycles. The molecule has 3 aromatic rings. The number of hydrazone groups is 1. The highest BCUT2D eigenvalue weighted by Gasteiger charge is 2.26. The van der Waals surface area contributed by atoms with Gasteiger partial charge in [0.1, 0.15) is 0 Å². The fourth-order valence-electron chi connectivity index (χ4n) is 3.39. The third kappa shape index (κ3) is 4.94. The number of hydrogen-bond acceptors (Lipinski definition) is 5. The van der Waals surface area contributed by atoms with Crippen LogP contribution in [0.3, 0.4) is 0 Å². The number of hydrogen-bond donors (Lipinski definition) is 1. The molecule has 1 aliphatic heterocycles. The van der Waals surface area contributed by atoms with Gasteiger partial charge in [-0.25, -0.2) is 13.8 Å². The van der Waals surface area contributed by atoms with Crippen molar-refractivity contribution in [3.8, 4) is 0 Å². The van der Waals surface area contributed by atoms with E-state index < -0.39 is 15.9 Å². The lowest BCUT2D eigenvalue weighted by atomic mass is 10.0. The van der Waals surface area contributed by atoms with E-state index in [0.717, 1.165) is 11.1 Å². The van der Waals surface area contributed by atoms with Gasteiger partial charge in [0.25, 0.3) is 5.91 Å². The first-order valence-corrected chi connectivity index (χ1v) is 11.7. The summed E-state index contributed by atoms with van der Waals surface area (Å²) in [6, 6.07) is 25.0. The zero-order valence-corrected chi connectivity index (χ0v) is 18.2. The molecule has 1 saturated heterocycles. The predicted molar refractivity (Wildman–Crippen MR) is 122 cm³/mol. The molecule has 1 N–H and O–H groups in total. The highest BCUT2D eigenvalue weighted by molar-refractivity contribution is 7.89. The number of ether oxygens (including phenoxy) is 1. The van der Waals surface area contributed by atoms with E-state index in [2.05, 4.69) is 10.5 Å². The van der Waals surface area contributed by atoms with Crippen molar-refractivity contribution in [3.63, 3.8) is 0 Å². The van der Waals surface area contributed by atoms with E-state index in [1.807, 2.05) is 60.7 Å². The number of amides is 1. The second kappa shape index (κ2) is 9.86. The lowest BCUT2D eigenvalue weighted by molar-refractivity contribution is 0.0730. The van der Waals surface area contributed by atoms with Crippen LogP contribution in [0.5, 0.6) is 0 Å². The average molecular weight is 450 g/mol. The summed E-state index contributed by atoms with van der Waals surface area (Å²) in [6.45, 7) is 1.30. The molecule has 0 aromatic heterocycles. The van der Waals surface area contributed by atoms with E-state index in [1.54, 1.807) is 12.1 Å². The van der Waals surface area contributed by atoms with Crippen molar-refractivity contribution in [3.05, 3.63) is 102 Å². The lowest BCUT2D eigenvalue weighted by Crippen LogP contribution is -2.40. The van der Waals surface area contributed by atoms with Gasteiger partial charge in [0.2, 0.25) is 10.0 Å². The minimum Gasteiger partial charge on any atom is -0.379 e. The van der Waals surface area contributed by atoms with Crippen LogP contribution in [-0.2, 0) is 14.8 Å². The van der Waals surface area contributed by atoms with Gasteiger partial charge in [-0.15, -0.1) is 0 Å². The van der Waals surface area contributed by atoms with Crippen LogP contribution in [0.2, 0.25) is 0 Å². The second-order valence-electron chi connectivity index (χ2n) is 7.18. The Morgan fingerprint density at radius 3 is 1.97 bits per heavy atom. The number of nitrogens with zero attached hydrogens (tertiary/aromatic N) is 2. The number of benzene rings is 3. The summed E-state index contributed by atoms with van der Waals surface area (Å²) in [6.07, 6.45) is 0. The summed E-state index contributed by atoms with van der Waals surface area (Å²) < 4.78 is 32.4. The fourth-order valence-corrected chi connectivity index (χ4v) is 4.85. The quantitative estimate of drug-likeness (QED) is 0.463. The maximum atomic E-state index is 12.9. The number of carbonyl (C=O) groups excluding carboxylic acids is 1. The molecule has 32 heavy (non-hydrogen) atoms. The number of sulfonamides is 1. The van der Waals surface area contributed by atoms with Crippen molar-refractivity contribution in [1.82, 2.24) is 9.73 Å². The van der Waals surface area contributed by atoms with Gasteiger partial charge in [-0.3, -0.25) is 4.79 Å². The molecular weight excluding hydrogens is 426 g/mol. The molecule has 0 spiro atoms. The van der Waals surface area contributed by atoms with Crippen LogP contribution in [0.4, 0.5) is 0 Å². The molecule has 1 fully saturated rings. The van der Waals surface area contributed by atoms with Gasteiger partial charge in [0.15, 0.2) is 0 Å². The molecular formula is C24H23N3O4S. The molecule has 1 aliphatic rings. The number of rotatable bonds is 6. The van der Waals surface area contributed by atoms with Crippen LogP contribution in [-0.4, -0.2) is 50.6 Å². The standard InChI is InChI=1S/C24H23N3O4S/c28-24(21-12-7-13-22(18-21)32(29,30)27-14-16-31-17-15-27)26-25-23(19-8-3-1-4-9-19)20-10-5-2-6-11-20/h1-13,18H,14-17H2,(H,26,28). The smallest absolute Gasteiger partial charge is 0.271 e. The Morgan fingerprint density at radius 2 is 1.38 bits per heavy atom. The van der Waals surface area contributed by atoms with Gasteiger partial charge in [0, 0.05) is 29.8 Å². The van der Waals surface area contributed by atoms with Crippen molar-refractivity contribution < 1.29 is 17.9 Å². The molecule has 164 valence electrons. The first kappa shape index (κ1) is 21.9. The van der Waals surface area contributed by atoms with Crippen molar-refractivity contribution in [2.45, 2.75) is 4.90 Å². The SMILES string of the molecule is O=C(NN=C(c1ccccc1)c1ccccc1)c1cccc(S(=O)(=O)N2CCOCC2)c1. The predicted octanol–water partition coefficient (Wildman–Crippen LogP) is 2.89. The largest absolute Gasteiger partial charge is 0.379 e. The van der Waals surface area contributed by atoms with Crippen LogP contribution in [0.15, 0.2) is 94.9 Å². The minimum atomic E-state index is -3.70. The molecule has 0 aliphatic carbocycles. The first-order valence-electron chi connectivity index (χ1n) is 10.2. The first-order chi connectivity index (χ1) is 15.6.